The minimum atomic E-state index is 0.564. The number of fused-ring (bicyclic) bond motifs is 1. The van der Waals surface area contributed by atoms with E-state index in [4.69, 9.17) is 0 Å². The number of aromatic nitrogens is 2. The Morgan fingerprint density at radius 3 is 3.27 bits per heavy atom. The van der Waals surface area contributed by atoms with E-state index in [1.54, 1.807) is 0 Å². The molecule has 1 aromatic heterocycles. The van der Waals surface area contributed by atoms with E-state index in [2.05, 4.69) is 39.0 Å². The van der Waals surface area contributed by atoms with Gasteiger partial charge in [0.05, 0.1) is 11.7 Å². The Hall–Kier alpha value is -1.55. The van der Waals surface area contributed by atoms with E-state index in [9.17, 15) is 0 Å². The highest BCUT2D eigenvalue weighted by molar-refractivity contribution is 5.81. The van der Waals surface area contributed by atoms with Gasteiger partial charge >= 0.3 is 0 Å². The predicted octanol–water partition coefficient (Wildman–Crippen LogP) is 1.34. The lowest BCUT2D eigenvalue weighted by molar-refractivity contribution is 0.793. The fourth-order valence-corrected chi connectivity index (χ4v) is 2.05. The Balaban J connectivity index is 1.84. The van der Waals surface area contributed by atoms with Crippen LogP contribution in [0.3, 0.4) is 0 Å². The second kappa shape index (κ2) is 3.55. The lowest BCUT2D eigenvalue weighted by Crippen LogP contribution is -2.21. The number of H-pyrrole nitrogens is 1. The third-order valence-electron chi connectivity index (χ3n) is 2.87. The van der Waals surface area contributed by atoms with Gasteiger partial charge in [0, 0.05) is 23.7 Å². The molecular weight excluding hydrogens is 188 g/mol. The topological polar surface area (TPSA) is 52.7 Å². The minimum Gasteiger partial charge on any atom is -0.381 e. The Bertz CT molecular complexity index is 456. The zero-order valence-electron chi connectivity index (χ0n) is 8.46. The molecule has 0 bridgehead atoms. The van der Waals surface area contributed by atoms with Gasteiger partial charge in [-0.1, -0.05) is 0 Å². The van der Waals surface area contributed by atoms with Gasteiger partial charge in [-0.05, 0) is 31.2 Å². The van der Waals surface area contributed by atoms with E-state index in [0.717, 1.165) is 24.0 Å². The van der Waals surface area contributed by atoms with Gasteiger partial charge in [-0.3, -0.25) is 5.10 Å². The summed E-state index contributed by atoms with van der Waals surface area (Å²) in [5, 5.41) is 15.0. The molecule has 1 atom stereocenters. The van der Waals surface area contributed by atoms with Gasteiger partial charge in [0.25, 0.3) is 0 Å². The average molecular weight is 202 g/mol. The number of hydrogen-bond acceptors (Lipinski definition) is 3. The molecule has 1 fully saturated rings. The van der Waals surface area contributed by atoms with Gasteiger partial charge < -0.3 is 10.6 Å². The van der Waals surface area contributed by atoms with Crippen molar-refractivity contribution in [1.29, 1.82) is 0 Å². The van der Waals surface area contributed by atoms with Gasteiger partial charge in [-0.25, -0.2) is 0 Å². The van der Waals surface area contributed by atoms with Crippen molar-refractivity contribution in [2.24, 2.45) is 0 Å². The summed E-state index contributed by atoms with van der Waals surface area (Å²) in [5.41, 5.74) is 2.27. The second-order valence-corrected chi connectivity index (χ2v) is 4.01. The van der Waals surface area contributed by atoms with Gasteiger partial charge in [0.15, 0.2) is 0 Å². The standard InChI is InChI=1S/C11H14N4/c1-2-11-8(6-13-15-11)5-9(1)14-10-3-4-12-7-10/h1-2,5-6,10,12,14H,3-4,7H2,(H,13,15). The zero-order chi connectivity index (χ0) is 10.1. The highest BCUT2D eigenvalue weighted by atomic mass is 15.1. The van der Waals surface area contributed by atoms with E-state index >= 15 is 0 Å². The van der Waals surface area contributed by atoms with Gasteiger partial charge in [-0.2, -0.15) is 5.10 Å². The first-order valence-electron chi connectivity index (χ1n) is 5.32. The molecule has 0 aliphatic carbocycles. The first kappa shape index (κ1) is 8.73. The van der Waals surface area contributed by atoms with Crippen LogP contribution >= 0.6 is 0 Å². The van der Waals surface area contributed by atoms with Crippen LogP contribution in [0.1, 0.15) is 6.42 Å². The molecule has 4 heteroatoms. The van der Waals surface area contributed by atoms with Crippen molar-refractivity contribution >= 4 is 16.6 Å². The number of nitrogens with one attached hydrogen (secondary N) is 3. The normalized spacial score (nSPS) is 20.9. The van der Waals surface area contributed by atoms with Crippen LogP contribution in [0.4, 0.5) is 5.69 Å². The summed E-state index contributed by atoms with van der Waals surface area (Å²) in [6, 6.07) is 6.86. The molecule has 0 saturated carbocycles. The smallest absolute Gasteiger partial charge is 0.0651 e. The van der Waals surface area contributed by atoms with Gasteiger partial charge in [0.2, 0.25) is 0 Å². The number of rotatable bonds is 2. The summed E-state index contributed by atoms with van der Waals surface area (Å²) in [7, 11) is 0. The van der Waals surface area contributed by atoms with Crippen LogP contribution < -0.4 is 10.6 Å². The van der Waals surface area contributed by atoms with Crippen LogP contribution in [0.5, 0.6) is 0 Å². The molecule has 1 unspecified atom stereocenters. The van der Waals surface area contributed by atoms with Crippen LogP contribution in [-0.4, -0.2) is 29.3 Å². The Labute approximate surface area is 88.1 Å². The molecule has 78 valence electrons. The molecule has 0 radical (unpaired) electrons. The van der Waals surface area contributed by atoms with Gasteiger partial charge in [-0.15, -0.1) is 0 Å². The molecule has 1 aliphatic heterocycles. The largest absolute Gasteiger partial charge is 0.381 e. The van der Waals surface area contributed by atoms with Gasteiger partial charge in [0.1, 0.15) is 0 Å². The van der Waals surface area contributed by atoms with E-state index < -0.39 is 0 Å². The summed E-state index contributed by atoms with van der Waals surface area (Å²) in [6.07, 6.45) is 3.05. The summed E-state index contributed by atoms with van der Waals surface area (Å²) in [5.74, 6) is 0. The van der Waals surface area contributed by atoms with Crippen molar-refractivity contribution in [1.82, 2.24) is 15.5 Å². The number of aromatic amines is 1. The molecule has 1 aromatic carbocycles. The maximum atomic E-state index is 4.01. The SMILES string of the molecule is c1cc2[nH]ncc2cc1NC1CCNC1. The van der Waals surface area contributed by atoms with E-state index in [-0.39, 0.29) is 0 Å². The summed E-state index contributed by atoms with van der Waals surface area (Å²) in [4.78, 5) is 0. The minimum absolute atomic E-state index is 0.564. The van der Waals surface area contributed by atoms with E-state index in [1.165, 1.54) is 12.1 Å². The van der Waals surface area contributed by atoms with Crippen molar-refractivity contribution in [3.63, 3.8) is 0 Å². The summed E-state index contributed by atoms with van der Waals surface area (Å²) in [6.45, 7) is 2.18. The Morgan fingerprint density at radius 1 is 1.40 bits per heavy atom. The van der Waals surface area contributed by atoms with E-state index in [1.807, 2.05) is 6.20 Å². The van der Waals surface area contributed by atoms with Crippen LogP contribution in [0.2, 0.25) is 0 Å². The maximum absolute atomic E-state index is 4.01. The van der Waals surface area contributed by atoms with E-state index in [0.29, 0.717) is 6.04 Å². The molecule has 4 nitrogen and oxygen atoms in total. The molecule has 2 aromatic rings. The fraction of sp³-hybridized carbons (Fsp3) is 0.364. The summed E-state index contributed by atoms with van der Waals surface area (Å²) < 4.78 is 0. The molecule has 0 spiro atoms. The quantitative estimate of drug-likeness (QED) is 0.688. The van der Waals surface area contributed by atoms with Crippen molar-refractivity contribution in [2.45, 2.75) is 12.5 Å². The fourth-order valence-electron chi connectivity index (χ4n) is 2.05. The molecule has 3 rings (SSSR count). The van der Waals surface area contributed by atoms with Crippen molar-refractivity contribution < 1.29 is 0 Å². The van der Waals surface area contributed by atoms with Crippen LogP contribution in [0.25, 0.3) is 10.9 Å². The van der Waals surface area contributed by atoms with Crippen LogP contribution in [0.15, 0.2) is 24.4 Å². The Kier molecular flexibility index (Phi) is 2.07. The van der Waals surface area contributed by atoms with Crippen molar-refractivity contribution in [3.8, 4) is 0 Å². The highest BCUT2D eigenvalue weighted by Crippen LogP contribution is 2.18. The highest BCUT2D eigenvalue weighted by Gasteiger charge is 2.13. The molecule has 1 aliphatic rings. The average Bonchev–Trinajstić information content (AvgIpc) is 2.87. The third-order valence-corrected chi connectivity index (χ3v) is 2.87. The number of anilines is 1. The molecule has 0 amide bonds. The first-order valence-corrected chi connectivity index (χ1v) is 5.32. The van der Waals surface area contributed by atoms with Crippen LogP contribution in [0, 0.1) is 0 Å². The number of nitrogens with zero attached hydrogens (tertiary/aromatic N) is 1. The zero-order valence-corrected chi connectivity index (χ0v) is 8.46. The predicted molar refractivity (Wildman–Crippen MR) is 61.0 cm³/mol. The lowest BCUT2D eigenvalue weighted by atomic mass is 10.2. The van der Waals surface area contributed by atoms with Crippen molar-refractivity contribution in [3.05, 3.63) is 24.4 Å². The molecular formula is C11H14N4. The lowest BCUT2D eigenvalue weighted by Gasteiger charge is -2.12. The molecule has 15 heavy (non-hydrogen) atoms. The number of benzene rings is 1. The van der Waals surface area contributed by atoms with Crippen LogP contribution in [-0.2, 0) is 0 Å². The monoisotopic (exact) mass is 202 g/mol. The first-order chi connectivity index (χ1) is 7.42. The number of hydrogen-bond donors (Lipinski definition) is 3. The molecule has 1 saturated heterocycles. The molecule has 2 heterocycles. The Morgan fingerprint density at radius 2 is 2.40 bits per heavy atom. The van der Waals surface area contributed by atoms with Crippen molar-refractivity contribution in [2.75, 3.05) is 18.4 Å². The maximum Gasteiger partial charge on any atom is 0.0651 e. The third kappa shape index (κ3) is 1.68. The molecule has 3 N–H and O–H groups in total. The summed E-state index contributed by atoms with van der Waals surface area (Å²) >= 11 is 0. The second-order valence-electron chi connectivity index (χ2n) is 4.01.